The topological polar surface area (TPSA) is 54.5 Å². The number of aromatic nitrogens is 1. The van der Waals surface area contributed by atoms with Crippen molar-refractivity contribution in [2.24, 2.45) is 0 Å². The van der Waals surface area contributed by atoms with Crippen molar-refractivity contribution in [2.75, 3.05) is 27.7 Å². The minimum atomic E-state index is -0.0999. The van der Waals surface area contributed by atoms with Crippen LogP contribution in [0.1, 0.15) is 22.0 Å². The Balaban J connectivity index is 2.07. The van der Waals surface area contributed by atoms with Gasteiger partial charge < -0.3 is 15.0 Å². The largest absolute Gasteiger partial charge is 0.497 e. The van der Waals surface area contributed by atoms with Gasteiger partial charge in [-0.05, 0) is 43.9 Å². The van der Waals surface area contributed by atoms with E-state index >= 15 is 0 Å². The molecule has 1 heterocycles. The van der Waals surface area contributed by atoms with Gasteiger partial charge in [0.05, 0.1) is 13.2 Å². The van der Waals surface area contributed by atoms with Crippen molar-refractivity contribution in [3.63, 3.8) is 0 Å². The number of ether oxygens (including phenoxy) is 1. The molecule has 0 radical (unpaired) electrons. The van der Waals surface area contributed by atoms with E-state index in [1.165, 1.54) is 0 Å². The Kier molecular flexibility index (Phi) is 5.49. The average molecular weight is 299 g/mol. The fourth-order valence-corrected chi connectivity index (χ4v) is 2.24. The van der Waals surface area contributed by atoms with E-state index in [1.54, 1.807) is 31.6 Å². The van der Waals surface area contributed by atoms with Gasteiger partial charge in [-0.15, -0.1) is 0 Å². The number of nitrogens with one attached hydrogen (secondary N) is 1. The van der Waals surface area contributed by atoms with Crippen LogP contribution in [0.2, 0.25) is 0 Å². The van der Waals surface area contributed by atoms with Gasteiger partial charge in [0.1, 0.15) is 5.75 Å². The maximum Gasteiger partial charge on any atom is 0.251 e. The molecule has 1 aromatic heterocycles. The summed E-state index contributed by atoms with van der Waals surface area (Å²) in [7, 11) is 5.63. The molecule has 22 heavy (non-hydrogen) atoms. The molecule has 0 bridgehead atoms. The summed E-state index contributed by atoms with van der Waals surface area (Å²) in [6.45, 7) is 0.515. The molecule has 1 aromatic carbocycles. The second-order valence-electron chi connectivity index (χ2n) is 5.20. The number of rotatable bonds is 6. The summed E-state index contributed by atoms with van der Waals surface area (Å²) in [5, 5.41) is 2.97. The van der Waals surface area contributed by atoms with E-state index in [4.69, 9.17) is 4.74 Å². The first-order valence-corrected chi connectivity index (χ1v) is 7.10. The zero-order valence-electron chi connectivity index (χ0n) is 13.1. The molecule has 116 valence electrons. The number of nitrogens with zero attached hydrogens (tertiary/aromatic N) is 2. The first kappa shape index (κ1) is 16.0. The van der Waals surface area contributed by atoms with Crippen molar-refractivity contribution < 1.29 is 9.53 Å². The van der Waals surface area contributed by atoms with Gasteiger partial charge in [0.15, 0.2) is 0 Å². The van der Waals surface area contributed by atoms with Gasteiger partial charge in [0.2, 0.25) is 0 Å². The lowest BCUT2D eigenvalue weighted by molar-refractivity contribution is 0.0942. The number of carbonyl (C=O) groups is 1. The summed E-state index contributed by atoms with van der Waals surface area (Å²) >= 11 is 0. The Morgan fingerprint density at radius 3 is 2.64 bits per heavy atom. The van der Waals surface area contributed by atoms with Crippen molar-refractivity contribution in [1.29, 1.82) is 0 Å². The van der Waals surface area contributed by atoms with Gasteiger partial charge in [0.25, 0.3) is 5.91 Å². The first-order valence-electron chi connectivity index (χ1n) is 7.10. The molecule has 0 aliphatic rings. The average Bonchev–Trinajstić information content (AvgIpc) is 2.55. The van der Waals surface area contributed by atoms with Crippen LogP contribution in [0.4, 0.5) is 0 Å². The van der Waals surface area contributed by atoms with Gasteiger partial charge in [-0.1, -0.05) is 12.1 Å². The molecule has 1 unspecified atom stereocenters. The Morgan fingerprint density at radius 1 is 1.27 bits per heavy atom. The SMILES string of the molecule is COc1cccc(C(CNC(=O)c2ccncc2)N(C)C)c1. The highest BCUT2D eigenvalue weighted by atomic mass is 16.5. The van der Waals surface area contributed by atoms with E-state index in [-0.39, 0.29) is 11.9 Å². The van der Waals surface area contributed by atoms with E-state index in [2.05, 4.69) is 15.2 Å². The standard InChI is InChI=1S/C17H21N3O2/c1-20(2)16(14-5-4-6-15(11-14)22-3)12-19-17(21)13-7-9-18-10-8-13/h4-11,16H,12H2,1-3H3,(H,19,21). The highest BCUT2D eigenvalue weighted by Crippen LogP contribution is 2.22. The molecular formula is C17H21N3O2. The number of amides is 1. The van der Waals surface area contributed by atoms with Crippen molar-refractivity contribution >= 4 is 5.91 Å². The minimum absolute atomic E-state index is 0.0703. The zero-order valence-corrected chi connectivity index (χ0v) is 13.1. The van der Waals surface area contributed by atoms with Gasteiger partial charge in [-0.3, -0.25) is 9.78 Å². The molecule has 0 aliphatic carbocycles. The first-order chi connectivity index (χ1) is 10.6. The third-order valence-electron chi connectivity index (χ3n) is 3.50. The van der Waals surface area contributed by atoms with Crippen LogP contribution < -0.4 is 10.1 Å². The summed E-state index contributed by atoms with van der Waals surface area (Å²) < 4.78 is 5.27. The van der Waals surface area contributed by atoms with Crippen LogP contribution in [-0.2, 0) is 0 Å². The van der Waals surface area contributed by atoms with Crippen molar-refractivity contribution in [2.45, 2.75) is 6.04 Å². The Labute approximate surface area is 130 Å². The second kappa shape index (κ2) is 7.56. The molecule has 2 aromatic rings. The highest BCUT2D eigenvalue weighted by molar-refractivity contribution is 5.93. The maximum absolute atomic E-state index is 12.1. The van der Waals surface area contributed by atoms with Crippen LogP contribution in [0, 0.1) is 0 Å². The highest BCUT2D eigenvalue weighted by Gasteiger charge is 2.16. The summed E-state index contributed by atoms with van der Waals surface area (Å²) in [4.78, 5) is 18.1. The summed E-state index contributed by atoms with van der Waals surface area (Å²) in [5.74, 6) is 0.710. The van der Waals surface area contributed by atoms with Gasteiger partial charge >= 0.3 is 0 Å². The maximum atomic E-state index is 12.1. The Morgan fingerprint density at radius 2 is 2.00 bits per heavy atom. The predicted molar refractivity (Wildman–Crippen MR) is 86.0 cm³/mol. The van der Waals surface area contributed by atoms with Gasteiger partial charge in [0, 0.05) is 24.5 Å². The number of hydrogen-bond acceptors (Lipinski definition) is 4. The molecule has 1 N–H and O–H groups in total. The van der Waals surface area contributed by atoms with Crippen LogP contribution in [0.15, 0.2) is 48.8 Å². The molecule has 1 amide bonds. The van der Waals surface area contributed by atoms with Crippen molar-refractivity contribution in [3.8, 4) is 5.75 Å². The van der Waals surface area contributed by atoms with E-state index < -0.39 is 0 Å². The molecule has 0 aliphatic heterocycles. The molecule has 5 heteroatoms. The smallest absolute Gasteiger partial charge is 0.251 e. The zero-order chi connectivity index (χ0) is 15.9. The van der Waals surface area contributed by atoms with Gasteiger partial charge in [-0.25, -0.2) is 0 Å². The lowest BCUT2D eigenvalue weighted by atomic mass is 10.1. The van der Waals surface area contributed by atoms with Crippen LogP contribution >= 0.6 is 0 Å². The second-order valence-corrected chi connectivity index (χ2v) is 5.20. The summed E-state index contributed by atoms with van der Waals surface area (Å²) in [6.07, 6.45) is 3.22. The molecule has 0 fully saturated rings. The summed E-state index contributed by atoms with van der Waals surface area (Å²) in [6, 6.07) is 11.4. The molecule has 2 rings (SSSR count). The normalized spacial score (nSPS) is 12.0. The molecular weight excluding hydrogens is 278 g/mol. The van der Waals surface area contributed by atoms with Gasteiger partial charge in [-0.2, -0.15) is 0 Å². The third-order valence-corrected chi connectivity index (χ3v) is 3.50. The lowest BCUT2D eigenvalue weighted by Gasteiger charge is -2.25. The molecule has 0 saturated heterocycles. The predicted octanol–water partition coefficient (Wildman–Crippen LogP) is 2.12. The molecule has 5 nitrogen and oxygen atoms in total. The number of hydrogen-bond donors (Lipinski definition) is 1. The monoisotopic (exact) mass is 299 g/mol. The van der Waals surface area contributed by atoms with E-state index in [9.17, 15) is 4.79 Å². The van der Waals surface area contributed by atoms with Crippen LogP contribution in [0.3, 0.4) is 0 Å². The number of likely N-dealkylation sites (N-methyl/N-ethyl adjacent to an activating group) is 1. The third kappa shape index (κ3) is 4.05. The van der Waals surface area contributed by atoms with Crippen molar-refractivity contribution in [1.82, 2.24) is 15.2 Å². The molecule has 1 atom stereocenters. The van der Waals surface area contributed by atoms with E-state index in [0.717, 1.165) is 11.3 Å². The van der Waals surface area contributed by atoms with Crippen LogP contribution in [-0.4, -0.2) is 43.5 Å². The fraction of sp³-hybridized carbons (Fsp3) is 0.294. The molecule has 0 spiro atoms. The lowest BCUT2D eigenvalue weighted by Crippen LogP contribution is -2.34. The van der Waals surface area contributed by atoms with E-state index in [1.807, 2.05) is 38.4 Å². The minimum Gasteiger partial charge on any atom is -0.497 e. The number of methoxy groups -OCH3 is 1. The van der Waals surface area contributed by atoms with Crippen LogP contribution in [0.5, 0.6) is 5.75 Å². The van der Waals surface area contributed by atoms with E-state index in [0.29, 0.717) is 12.1 Å². The number of pyridine rings is 1. The number of benzene rings is 1. The van der Waals surface area contributed by atoms with Crippen molar-refractivity contribution in [3.05, 3.63) is 59.9 Å². The quantitative estimate of drug-likeness (QED) is 0.888. The molecule has 0 saturated carbocycles. The Hall–Kier alpha value is -2.40. The van der Waals surface area contributed by atoms with Crippen LogP contribution in [0.25, 0.3) is 0 Å². The fourth-order valence-electron chi connectivity index (χ4n) is 2.24. The summed E-state index contributed by atoms with van der Waals surface area (Å²) in [5.41, 5.74) is 1.71. The Bertz CT molecular complexity index is 614. The number of carbonyl (C=O) groups excluding carboxylic acids is 1.